The van der Waals surface area contributed by atoms with Crippen LogP contribution in [0.15, 0.2) is 24.4 Å². The van der Waals surface area contributed by atoms with Crippen molar-refractivity contribution in [2.75, 3.05) is 56.2 Å². The largest absolute Gasteiger partial charge is 0.378 e. The number of alkyl halides is 1. The number of urea groups is 1. The van der Waals surface area contributed by atoms with Crippen molar-refractivity contribution in [1.29, 1.82) is 0 Å². The molecule has 40 heavy (non-hydrogen) atoms. The Balaban J connectivity index is 1.33. The van der Waals surface area contributed by atoms with Gasteiger partial charge in [0.2, 0.25) is 0 Å². The van der Waals surface area contributed by atoms with Gasteiger partial charge in [-0.3, -0.25) is 4.40 Å². The first-order chi connectivity index (χ1) is 19.2. The Morgan fingerprint density at radius 3 is 2.67 bits per heavy atom. The van der Waals surface area contributed by atoms with Gasteiger partial charge in [-0.2, -0.15) is 0 Å². The van der Waals surface area contributed by atoms with Crippen LogP contribution in [0.3, 0.4) is 0 Å². The van der Waals surface area contributed by atoms with Gasteiger partial charge in [-0.25, -0.2) is 14.2 Å². The van der Waals surface area contributed by atoms with Crippen LogP contribution in [0.5, 0.6) is 0 Å². The SMILES string of the molecule is Cc1cc(C)c(-c2cc(N3CCOCC3)c3nc4c(n3c2)COCC4)cc1NC(=O)N1CC[C@@H](CC(C)(C)F)C1. The molecule has 3 aromatic rings. The lowest BCUT2D eigenvalue weighted by molar-refractivity contribution is 0.106. The number of pyridine rings is 1. The van der Waals surface area contributed by atoms with Crippen LogP contribution in [-0.2, 0) is 22.5 Å². The van der Waals surface area contributed by atoms with E-state index in [1.807, 2.05) is 11.8 Å². The van der Waals surface area contributed by atoms with Gasteiger partial charge >= 0.3 is 6.03 Å². The van der Waals surface area contributed by atoms with Crippen LogP contribution in [0.4, 0.5) is 20.6 Å². The third-order valence-electron chi connectivity index (χ3n) is 8.43. The second-order valence-corrected chi connectivity index (χ2v) is 12.2. The van der Waals surface area contributed by atoms with Gasteiger partial charge in [-0.05, 0) is 75.3 Å². The van der Waals surface area contributed by atoms with Crippen molar-refractivity contribution in [3.8, 4) is 11.1 Å². The fourth-order valence-electron chi connectivity index (χ4n) is 6.46. The molecule has 8 nitrogen and oxygen atoms in total. The number of rotatable bonds is 5. The molecule has 0 aliphatic carbocycles. The molecule has 2 aromatic heterocycles. The van der Waals surface area contributed by atoms with Crippen LogP contribution < -0.4 is 10.2 Å². The Hall–Kier alpha value is -3.17. The third-order valence-corrected chi connectivity index (χ3v) is 8.43. The number of benzene rings is 1. The predicted octanol–water partition coefficient (Wildman–Crippen LogP) is 5.52. The number of nitrogens with zero attached hydrogens (tertiary/aromatic N) is 4. The van der Waals surface area contributed by atoms with Crippen molar-refractivity contribution in [2.24, 2.45) is 5.92 Å². The summed E-state index contributed by atoms with van der Waals surface area (Å²) in [7, 11) is 0. The number of nitrogens with one attached hydrogen (secondary N) is 1. The van der Waals surface area contributed by atoms with Gasteiger partial charge in [0, 0.05) is 50.0 Å². The summed E-state index contributed by atoms with van der Waals surface area (Å²) < 4.78 is 27.8. The molecule has 6 rings (SSSR count). The normalized spacial score (nSPS) is 19.8. The lowest BCUT2D eigenvalue weighted by Gasteiger charge is -2.29. The number of fused-ring (bicyclic) bond motifs is 3. The first-order valence-electron chi connectivity index (χ1n) is 14.5. The number of carbonyl (C=O) groups is 1. The minimum absolute atomic E-state index is 0.123. The summed E-state index contributed by atoms with van der Waals surface area (Å²) in [6, 6.07) is 6.33. The number of anilines is 2. The number of halogens is 1. The monoisotopic (exact) mass is 549 g/mol. The summed E-state index contributed by atoms with van der Waals surface area (Å²) in [6.07, 6.45) is 4.28. The van der Waals surface area contributed by atoms with Crippen molar-refractivity contribution >= 4 is 23.1 Å². The van der Waals surface area contributed by atoms with Crippen LogP contribution in [0.2, 0.25) is 0 Å². The number of ether oxygens (including phenoxy) is 2. The molecule has 0 bridgehead atoms. The molecule has 0 unspecified atom stereocenters. The molecular formula is C31H40FN5O3. The van der Waals surface area contributed by atoms with Gasteiger partial charge in [0.15, 0.2) is 5.65 Å². The molecule has 2 fully saturated rings. The Morgan fingerprint density at radius 1 is 1.10 bits per heavy atom. The van der Waals surface area contributed by atoms with Crippen molar-refractivity contribution in [3.63, 3.8) is 0 Å². The molecule has 9 heteroatoms. The van der Waals surface area contributed by atoms with Crippen molar-refractivity contribution in [1.82, 2.24) is 14.3 Å². The van der Waals surface area contributed by atoms with Crippen LogP contribution >= 0.6 is 0 Å². The molecule has 1 N–H and O–H groups in total. The second-order valence-electron chi connectivity index (χ2n) is 12.2. The van der Waals surface area contributed by atoms with E-state index in [2.05, 4.69) is 45.9 Å². The van der Waals surface area contributed by atoms with E-state index in [9.17, 15) is 9.18 Å². The highest BCUT2D eigenvalue weighted by atomic mass is 19.1. The lowest BCUT2D eigenvalue weighted by Crippen LogP contribution is -2.36. The Bertz CT molecular complexity index is 1420. The predicted molar refractivity (Wildman–Crippen MR) is 155 cm³/mol. The summed E-state index contributed by atoms with van der Waals surface area (Å²) in [5.74, 6) is 0.191. The second kappa shape index (κ2) is 10.7. The average Bonchev–Trinajstić information content (AvgIpc) is 3.54. The third kappa shape index (κ3) is 5.41. The molecule has 3 aliphatic heterocycles. The van der Waals surface area contributed by atoms with Crippen molar-refractivity contribution in [3.05, 3.63) is 46.9 Å². The molecule has 3 aliphatic rings. The maximum Gasteiger partial charge on any atom is 0.321 e. The van der Waals surface area contributed by atoms with Crippen molar-refractivity contribution in [2.45, 2.75) is 59.2 Å². The first-order valence-corrected chi connectivity index (χ1v) is 14.5. The molecule has 0 spiro atoms. The van der Waals surface area contributed by atoms with E-state index in [1.54, 1.807) is 13.8 Å². The maximum absolute atomic E-state index is 14.2. The van der Waals surface area contributed by atoms with Gasteiger partial charge in [0.1, 0.15) is 5.67 Å². The van der Waals surface area contributed by atoms with Gasteiger partial charge in [-0.1, -0.05) is 6.07 Å². The fourth-order valence-corrected chi connectivity index (χ4v) is 6.46. The number of carbonyl (C=O) groups excluding carboxylic acids is 1. The summed E-state index contributed by atoms with van der Waals surface area (Å²) in [4.78, 5) is 22.5. The number of likely N-dealkylation sites (tertiary alicyclic amines) is 1. The summed E-state index contributed by atoms with van der Waals surface area (Å²) in [5, 5.41) is 3.16. The molecule has 1 atom stereocenters. The zero-order valence-corrected chi connectivity index (χ0v) is 24.1. The van der Waals surface area contributed by atoms with E-state index < -0.39 is 5.67 Å². The van der Waals surface area contributed by atoms with E-state index >= 15 is 0 Å². The molecule has 2 saturated heterocycles. The van der Waals surface area contributed by atoms with Crippen molar-refractivity contribution < 1.29 is 18.7 Å². The van der Waals surface area contributed by atoms with E-state index in [1.165, 1.54) is 0 Å². The smallest absolute Gasteiger partial charge is 0.321 e. The number of imidazole rings is 1. The standard InChI is InChI=1S/C31H40FN5O3/c1-20-13-21(2)26(34-30(38)36-7-5-22(17-36)16-31(3,4)32)15-24(20)23-14-27(35-8-11-39-12-9-35)29-33-25-6-10-40-19-28(25)37(29)18-23/h13-15,18,22H,5-12,16-17,19H2,1-4H3,(H,34,38)/t22-/m0/s1. The van der Waals surface area contributed by atoms with Crippen LogP contribution in [-0.4, -0.2) is 72.0 Å². The highest BCUT2D eigenvalue weighted by Gasteiger charge is 2.31. The van der Waals surface area contributed by atoms with E-state index in [-0.39, 0.29) is 11.9 Å². The quantitative estimate of drug-likeness (QED) is 0.454. The molecule has 5 heterocycles. The zero-order valence-electron chi connectivity index (χ0n) is 24.1. The van der Waals surface area contributed by atoms with Crippen LogP contribution in [0, 0.1) is 19.8 Å². The maximum atomic E-state index is 14.2. The number of aromatic nitrogens is 2. The van der Waals surface area contributed by atoms with E-state index in [0.717, 1.165) is 76.6 Å². The lowest BCUT2D eigenvalue weighted by atomic mass is 9.94. The minimum Gasteiger partial charge on any atom is -0.378 e. The molecule has 0 radical (unpaired) electrons. The van der Waals surface area contributed by atoms with Crippen LogP contribution in [0.1, 0.15) is 49.2 Å². The zero-order chi connectivity index (χ0) is 28.0. The minimum atomic E-state index is -1.22. The van der Waals surface area contributed by atoms with Gasteiger partial charge < -0.3 is 24.6 Å². The summed E-state index contributed by atoms with van der Waals surface area (Å²) >= 11 is 0. The average molecular weight is 550 g/mol. The van der Waals surface area contributed by atoms with E-state index in [4.69, 9.17) is 14.5 Å². The number of amides is 2. The molecular weight excluding hydrogens is 509 g/mol. The highest BCUT2D eigenvalue weighted by molar-refractivity contribution is 5.92. The topological polar surface area (TPSA) is 71.3 Å². The number of hydrogen-bond acceptors (Lipinski definition) is 5. The van der Waals surface area contributed by atoms with E-state index in [0.29, 0.717) is 45.9 Å². The fraction of sp³-hybridized carbons (Fsp3) is 0.548. The first kappa shape index (κ1) is 27.0. The summed E-state index contributed by atoms with van der Waals surface area (Å²) in [5.41, 5.74) is 8.12. The molecule has 214 valence electrons. The highest BCUT2D eigenvalue weighted by Crippen LogP contribution is 2.36. The number of hydrogen-bond donors (Lipinski definition) is 1. The number of morpholine rings is 1. The van der Waals surface area contributed by atoms with Gasteiger partial charge in [0.05, 0.1) is 43.5 Å². The summed E-state index contributed by atoms with van der Waals surface area (Å²) in [6.45, 7) is 12.9. The Labute approximate surface area is 235 Å². The van der Waals surface area contributed by atoms with Crippen LogP contribution in [0.25, 0.3) is 16.8 Å². The number of aryl methyl sites for hydroxylation is 2. The Kier molecular flexibility index (Phi) is 7.21. The molecule has 2 amide bonds. The Morgan fingerprint density at radius 2 is 1.90 bits per heavy atom. The molecule has 1 aromatic carbocycles. The molecule has 0 saturated carbocycles. The van der Waals surface area contributed by atoms with Gasteiger partial charge in [-0.15, -0.1) is 0 Å². The van der Waals surface area contributed by atoms with Gasteiger partial charge in [0.25, 0.3) is 0 Å².